The molecule has 64 valence electrons. The third-order valence-electron chi connectivity index (χ3n) is 2.52. The number of hydrogen-bond acceptors (Lipinski definition) is 1. The van der Waals surface area contributed by atoms with Crippen molar-refractivity contribution in [1.82, 2.24) is 0 Å². The Balaban J connectivity index is 2.18. The Bertz CT molecular complexity index is 279. The highest BCUT2D eigenvalue weighted by atomic mass is 35.5. The Morgan fingerprint density at radius 3 is 2.50 bits per heavy atom. The van der Waals surface area contributed by atoms with Crippen LogP contribution in [0, 0.1) is 0 Å². The molecule has 0 aliphatic heterocycles. The predicted octanol–water partition coefficient (Wildman–Crippen LogP) is 2.54. The van der Waals surface area contributed by atoms with Gasteiger partial charge in [0, 0.05) is 11.1 Å². The molecular formula is C10H12ClN. The van der Waals surface area contributed by atoms with Gasteiger partial charge >= 0.3 is 0 Å². The number of nitrogens with two attached hydrogens (primary N) is 1. The Morgan fingerprint density at radius 2 is 1.92 bits per heavy atom. The lowest BCUT2D eigenvalue weighted by Gasteiger charge is -2.33. The maximum absolute atomic E-state index is 6.04. The molecule has 0 unspecified atom stereocenters. The van der Waals surface area contributed by atoms with Crippen LogP contribution < -0.4 is 5.73 Å². The standard InChI is InChI=1S/C10H12ClN/c11-10-4-2-1-3-9(10)7-5-8(12)6-7/h1-4,7-8H,5-6,12H2. The normalized spacial score (nSPS) is 28.2. The van der Waals surface area contributed by atoms with Crippen LogP contribution >= 0.6 is 11.6 Å². The van der Waals surface area contributed by atoms with Gasteiger partial charge in [-0.3, -0.25) is 0 Å². The number of rotatable bonds is 1. The molecule has 0 atom stereocenters. The molecule has 1 aromatic rings. The summed E-state index contributed by atoms with van der Waals surface area (Å²) >= 11 is 6.04. The van der Waals surface area contributed by atoms with Gasteiger partial charge in [-0.1, -0.05) is 29.8 Å². The van der Waals surface area contributed by atoms with Gasteiger partial charge in [0.05, 0.1) is 0 Å². The number of benzene rings is 1. The lowest BCUT2D eigenvalue weighted by molar-refractivity contribution is 0.351. The van der Waals surface area contributed by atoms with E-state index in [1.807, 2.05) is 18.2 Å². The fourth-order valence-corrected chi connectivity index (χ4v) is 2.01. The van der Waals surface area contributed by atoms with E-state index in [4.69, 9.17) is 17.3 Å². The quantitative estimate of drug-likeness (QED) is 0.708. The first-order valence-electron chi connectivity index (χ1n) is 4.27. The number of hydrogen-bond donors (Lipinski definition) is 1. The fourth-order valence-electron chi connectivity index (χ4n) is 1.72. The summed E-state index contributed by atoms with van der Waals surface area (Å²) in [6.45, 7) is 0. The van der Waals surface area contributed by atoms with E-state index in [1.54, 1.807) is 0 Å². The van der Waals surface area contributed by atoms with Gasteiger partial charge in [-0.2, -0.15) is 0 Å². The molecule has 1 fully saturated rings. The van der Waals surface area contributed by atoms with Crippen LogP contribution in [0.5, 0.6) is 0 Å². The summed E-state index contributed by atoms with van der Waals surface area (Å²) in [5, 5.41) is 0.884. The minimum atomic E-state index is 0.395. The van der Waals surface area contributed by atoms with Crippen LogP contribution in [0.2, 0.25) is 5.02 Å². The molecule has 1 saturated carbocycles. The van der Waals surface area contributed by atoms with Crippen molar-refractivity contribution < 1.29 is 0 Å². The average Bonchev–Trinajstić information content (AvgIpc) is 2.01. The van der Waals surface area contributed by atoms with Crippen molar-refractivity contribution >= 4 is 11.6 Å². The molecule has 0 amide bonds. The van der Waals surface area contributed by atoms with Gasteiger partial charge in [0.1, 0.15) is 0 Å². The van der Waals surface area contributed by atoms with E-state index in [2.05, 4.69) is 6.07 Å². The lowest BCUT2D eigenvalue weighted by atomic mass is 9.76. The number of halogens is 1. The van der Waals surface area contributed by atoms with Crippen molar-refractivity contribution in [3.63, 3.8) is 0 Å². The van der Waals surface area contributed by atoms with Gasteiger partial charge in [0.15, 0.2) is 0 Å². The average molecular weight is 182 g/mol. The third kappa shape index (κ3) is 1.35. The predicted molar refractivity (Wildman–Crippen MR) is 51.4 cm³/mol. The summed E-state index contributed by atoms with van der Waals surface area (Å²) < 4.78 is 0. The zero-order valence-electron chi connectivity index (χ0n) is 6.83. The van der Waals surface area contributed by atoms with Crippen LogP contribution in [0.4, 0.5) is 0 Å². The molecule has 1 aliphatic rings. The minimum Gasteiger partial charge on any atom is -0.328 e. The maximum Gasteiger partial charge on any atom is 0.0440 e. The van der Waals surface area contributed by atoms with E-state index >= 15 is 0 Å². The molecule has 0 saturated heterocycles. The van der Waals surface area contributed by atoms with Gasteiger partial charge in [-0.05, 0) is 30.4 Å². The maximum atomic E-state index is 6.04. The molecule has 0 spiro atoms. The van der Waals surface area contributed by atoms with Crippen LogP contribution in [0.3, 0.4) is 0 Å². The second-order valence-electron chi connectivity index (χ2n) is 3.45. The van der Waals surface area contributed by atoms with Crippen molar-refractivity contribution in [3.8, 4) is 0 Å². The van der Waals surface area contributed by atoms with E-state index in [0.29, 0.717) is 12.0 Å². The van der Waals surface area contributed by atoms with E-state index in [1.165, 1.54) is 5.56 Å². The third-order valence-corrected chi connectivity index (χ3v) is 2.86. The molecule has 1 nitrogen and oxygen atoms in total. The van der Waals surface area contributed by atoms with Crippen LogP contribution in [0.1, 0.15) is 24.3 Å². The summed E-state index contributed by atoms with van der Waals surface area (Å²) in [6.07, 6.45) is 2.17. The Kier molecular flexibility index (Phi) is 2.07. The summed E-state index contributed by atoms with van der Waals surface area (Å²) in [5.41, 5.74) is 6.98. The Morgan fingerprint density at radius 1 is 1.25 bits per heavy atom. The molecule has 0 aromatic heterocycles. The molecule has 0 bridgehead atoms. The molecule has 2 heteroatoms. The smallest absolute Gasteiger partial charge is 0.0440 e. The largest absolute Gasteiger partial charge is 0.328 e. The zero-order valence-corrected chi connectivity index (χ0v) is 7.59. The van der Waals surface area contributed by atoms with E-state index in [0.717, 1.165) is 17.9 Å². The second-order valence-corrected chi connectivity index (χ2v) is 3.86. The monoisotopic (exact) mass is 181 g/mol. The SMILES string of the molecule is NC1CC(c2ccccc2Cl)C1. The van der Waals surface area contributed by atoms with Crippen LogP contribution in [0.25, 0.3) is 0 Å². The molecular weight excluding hydrogens is 170 g/mol. The van der Waals surface area contributed by atoms with Crippen molar-refractivity contribution in [2.45, 2.75) is 24.8 Å². The topological polar surface area (TPSA) is 26.0 Å². The highest BCUT2D eigenvalue weighted by Crippen LogP contribution is 2.38. The summed E-state index contributed by atoms with van der Waals surface area (Å²) in [7, 11) is 0. The van der Waals surface area contributed by atoms with Crippen molar-refractivity contribution in [2.24, 2.45) is 5.73 Å². The van der Waals surface area contributed by atoms with Crippen molar-refractivity contribution in [3.05, 3.63) is 34.9 Å². The molecule has 2 rings (SSSR count). The van der Waals surface area contributed by atoms with E-state index in [9.17, 15) is 0 Å². The van der Waals surface area contributed by atoms with Crippen molar-refractivity contribution in [2.75, 3.05) is 0 Å². The molecule has 1 aromatic carbocycles. The molecule has 0 radical (unpaired) electrons. The van der Waals surface area contributed by atoms with Crippen LogP contribution in [0.15, 0.2) is 24.3 Å². The summed E-state index contributed by atoms with van der Waals surface area (Å²) in [4.78, 5) is 0. The van der Waals surface area contributed by atoms with Gasteiger partial charge in [-0.25, -0.2) is 0 Å². The summed E-state index contributed by atoms with van der Waals surface area (Å²) in [5.74, 6) is 0.605. The molecule has 1 aliphatic carbocycles. The first-order valence-corrected chi connectivity index (χ1v) is 4.65. The molecule has 0 heterocycles. The van der Waals surface area contributed by atoms with E-state index < -0.39 is 0 Å². The van der Waals surface area contributed by atoms with Crippen LogP contribution in [-0.4, -0.2) is 6.04 Å². The van der Waals surface area contributed by atoms with Crippen LogP contribution in [-0.2, 0) is 0 Å². The van der Waals surface area contributed by atoms with Gasteiger partial charge in [0.25, 0.3) is 0 Å². The highest BCUT2D eigenvalue weighted by Gasteiger charge is 2.28. The first-order chi connectivity index (χ1) is 5.77. The minimum absolute atomic E-state index is 0.395. The Labute approximate surface area is 77.5 Å². The van der Waals surface area contributed by atoms with Crippen molar-refractivity contribution in [1.29, 1.82) is 0 Å². The Hall–Kier alpha value is -0.530. The first kappa shape index (κ1) is 8.09. The van der Waals surface area contributed by atoms with Gasteiger partial charge in [0.2, 0.25) is 0 Å². The van der Waals surface area contributed by atoms with Gasteiger partial charge in [-0.15, -0.1) is 0 Å². The zero-order chi connectivity index (χ0) is 8.55. The molecule has 12 heavy (non-hydrogen) atoms. The van der Waals surface area contributed by atoms with Gasteiger partial charge < -0.3 is 5.73 Å². The molecule has 2 N–H and O–H groups in total. The second kappa shape index (κ2) is 3.08. The van der Waals surface area contributed by atoms with E-state index in [-0.39, 0.29) is 0 Å². The fraction of sp³-hybridized carbons (Fsp3) is 0.400. The lowest BCUT2D eigenvalue weighted by Crippen LogP contribution is -2.34. The summed E-state index contributed by atoms with van der Waals surface area (Å²) in [6, 6.07) is 8.43. The highest BCUT2D eigenvalue weighted by molar-refractivity contribution is 6.31.